The second-order valence-corrected chi connectivity index (χ2v) is 4.30. The Hall–Kier alpha value is -0.650. The van der Waals surface area contributed by atoms with Crippen LogP contribution in [0.5, 0.6) is 0 Å². The molecule has 1 amide bonds. The Morgan fingerprint density at radius 2 is 1.94 bits per heavy atom. The predicted octanol–water partition coefficient (Wildman–Crippen LogP) is -0.240. The van der Waals surface area contributed by atoms with Gasteiger partial charge in [-0.3, -0.25) is 4.79 Å². The molecule has 0 spiro atoms. The van der Waals surface area contributed by atoms with Gasteiger partial charge in [0, 0.05) is 27.3 Å². The first-order chi connectivity index (χ1) is 7.49. The van der Waals surface area contributed by atoms with E-state index in [-0.39, 0.29) is 5.91 Å². The first-order valence-corrected chi connectivity index (χ1v) is 5.63. The summed E-state index contributed by atoms with van der Waals surface area (Å²) in [7, 11) is 7.45. The summed E-state index contributed by atoms with van der Waals surface area (Å²) in [4.78, 5) is 15.6. The van der Waals surface area contributed by atoms with Crippen LogP contribution in [0.1, 0.15) is 12.8 Å². The smallest absolute Gasteiger partial charge is 0.239 e. The molecule has 0 radical (unpaired) electrons. The van der Waals surface area contributed by atoms with Crippen molar-refractivity contribution in [1.29, 1.82) is 0 Å². The van der Waals surface area contributed by atoms with Gasteiger partial charge in [-0.25, -0.2) is 0 Å². The molecule has 0 saturated carbocycles. The minimum Gasteiger partial charge on any atom is -0.385 e. The molecule has 0 fully saturated rings. The fourth-order valence-electron chi connectivity index (χ4n) is 1.39. The number of ether oxygens (including phenoxy) is 1. The lowest BCUT2D eigenvalue weighted by Crippen LogP contribution is -2.43. The van der Waals surface area contributed by atoms with Crippen LogP contribution < -0.4 is 5.73 Å². The van der Waals surface area contributed by atoms with Crippen LogP contribution in [0.2, 0.25) is 0 Å². The number of hydrogen-bond acceptors (Lipinski definition) is 4. The zero-order valence-corrected chi connectivity index (χ0v) is 10.9. The van der Waals surface area contributed by atoms with Crippen LogP contribution in [-0.2, 0) is 9.53 Å². The van der Waals surface area contributed by atoms with E-state index in [2.05, 4.69) is 4.90 Å². The highest BCUT2D eigenvalue weighted by Gasteiger charge is 2.17. The molecule has 1 atom stereocenters. The first-order valence-electron chi connectivity index (χ1n) is 5.63. The molecule has 0 aliphatic carbocycles. The largest absolute Gasteiger partial charge is 0.385 e. The minimum absolute atomic E-state index is 0.00388. The second kappa shape index (κ2) is 8.50. The van der Waals surface area contributed by atoms with Crippen molar-refractivity contribution in [2.24, 2.45) is 5.73 Å². The third-order valence-electron chi connectivity index (χ3n) is 2.43. The number of hydrogen-bond donors (Lipinski definition) is 1. The molecule has 1 unspecified atom stereocenters. The van der Waals surface area contributed by atoms with Crippen molar-refractivity contribution in [3.63, 3.8) is 0 Å². The fraction of sp³-hybridized carbons (Fsp3) is 0.909. The van der Waals surface area contributed by atoms with E-state index < -0.39 is 6.04 Å². The van der Waals surface area contributed by atoms with E-state index in [1.807, 2.05) is 14.1 Å². The third kappa shape index (κ3) is 6.76. The molecule has 0 heterocycles. The van der Waals surface area contributed by atoms with Crippen molar-refractivity contribution < 1.29 is 9.53 Å². The Kier molecular flexibility index (Phi) is 8.15. The summed E-state index contributed by atoms with van der Waals surface area (Å²) >= 11 is 0. The highest BCUT2D eigenvalue weighted by molar-refractivity contribution is 5.81. The summed E-state index contributed by atoms with van der Waals surface area (Å²) in [5, 5.41) is 0. The number of carbonyl (C=O) groups is 1. The predicted molar refractivity (Wildman–Crippen MR) is 65.3 cm³/mol. The number of methoxy groups -OCH3 is 1. The molecule has 0 bridgehead atoms. The summed E-state index contributed by atoms with van der Waals surface area (Å²) in [6.45, 7) is 2.25. The van der Waals surface area contributed by atoms with Crippen molar-refractivity contribution in [1.82, 2.24) is 9.80 Å². The number of carbonyl (C=O) groups excluding carboxylic acids is 1. The molecule has 0 rings (SSSR count). The third-order valence-corrected chi connectivity index (χ3v) is 2.43. The van der Waals surface area contributed by atoms with Gasteiger partial charge in [0.15, 0.2) is 0 Å². The van der Waals surface area contributed by atoms with Crippen LogP contribution in [0.3, 0.4) is 0 Å². The second-order valence-electron chi connectivity index (χ2n) is 4.30. The summed E-state index contributed by atoms with van der Waals surface area (Å²) in [6.07, 6.45) is 1.54. The quantitative estimate of drug-likeness (QED) is 0.626. The lowest BCUT2D eigenvalue weighted by atomic mass is 10.2. The Balaban J connectivity index is 3.79. The van der Waals surface area contributed by atoms with Crippen LogP contribution >= 0.6 is 0 Å². The SMILES string of the molecule is COCCC(N)C(=O)N(C)CCCN(C)C. The summed E-state index contributed by atoms with van der Waals surface area (Å²) in [5.74, 6) is -0.00388. The van der Waals surface area contributed by atoms with Gasteiger partial charge in [-0.05, 0) is 33.5 Å². The molecule has 0 aromatic carbocycles. The van der Waals surface area contributed by atoms with E-state index in [1.165, 1.54) is 0 Å². The van der Waals surface area contributed by atoms with E-state index in [9.17, 15) is 4.79 Å². The van der Waals surface area contributed by atoms with E-state index in [0.29, 0.717) is 13.0 Å². The van der Waals surface area contributed by atoms with Gasteiger partial charge < -0.3 is 20.3 Å². The van der Waals surface area contributed by atoms with Gasteiger partial charge in [-0.15, -0.1) is 0 Å². The summed E-state index contributed by atoms with van der Waals surface area (Å²) in [5.41, 5.74) is 5.75. The van der Waals surface area contributed by atoms with Crippen molar-refractivity contribution in [2.45, 2.75) is 18.9 Å². The standard InChI is InChI=1S/C11H25N3O2/c1-13(2)7-5-8-14(3)11(15)10(12)6-9-16-4/h10H,5-9,12H2,1-4H3. The maximum absolute atomic E-state index is 11.8. The van der Waals surface area contributed by atoms with Crippen molar-refractivity contribution in [2.75, 3.05) is 47.9 Å². The molecular formula is C11H25N3O2. The Morgan fingerprint density at radius 1 is 1.31 bits per heavy atom. The van der Waals surface area contributed by atoms with Gasteiger partial charge in [0.25, 0.3) is 0 Å². The van der Waals surface area contributed by atoms with Gasteiger partial charge in [0.1, 0.15) is 0 Å². The minimum atomic E-state index is -0.440. The molecular weight excluding hydrogens is 206 g/mol. The van der Waals surface area contributed by atoms with Gasteiger partial charge in [0.05, 0.1) is 6.04 Å². The lowest BCUT2D eigenvalue weighted by Gasteiger charge is -2.21. The van der Waals surface area contributed by atoms with Crippen molar-refractivity contribution in [3.05, 3.63) is 0 Å². The Labute approximate surface area is 98.5 Å². The van der Waals surface area contributed by atoms with Crippen LogP contribution in [0.25, 0.3) is 0 Å². The van der Waals surface area contributed by atoms with E-state index in [0.717, 1.165) is 19.5 Å². The molecule has 0 aromatic heterocycles. The first kappa shape index (κ1) is 15.3. The maximum atomic E-state index is 11.8. The van der Waals surface area contributed by atoms with Gasteiger partial charge in [0.2, 0.25) is 5.91 Å². The maximum Gasteiger partial charge on any atom is 0.239 e. The van der Waals surface area contributed by atoms with E-state index in [1.54, 1.807) is 19.1 Å². The molecule has 16 heavy (non-hydrogen) atoms. The monoisotopic (exact) mass is 231 g/mol. The summed E-state index contributed by atoms with van der Waals surface area (Å²) in [6, 6.07) is -0.440. The zero-order valence-electron chi connectivity index (χ0n) is 10.9. The topological polar surface area (TPSA) is 58.8 Å². The normalized spacial score (nSPS) is 12.9. The number of nitrogens with zero attached hydrogens (tertiary/aromatic N) is 2. The number of nitrogens with two attached hydrogens (primary N) is 1. The van der Waals surface area contributed by atoms with Crippen molar-refractivity contribution >= 4 is 5.91 Å². The number of rotatable bonds is 8. The molecule has 0 aliphatic heterocycles. The van der Waals surface area contributed by atoms with Gasteiger partial charge in [-0.2, -0.15) is 0 Å². The lowest BCUT2D eigenvalue weighted by molar-refractivity contribution is -0.131. The highest BCUT2D eigenvalue weighted by Crippen LogP contribution is 1.97. The molecule has 2 N–H and O–H groups in total. The Bertz CT molecular complexity index is 198. The molecule has 0 aromatic rings. The molecule has 5 heteroatoms. The molecule has 5 nitrogen and oxygen atoms in total. The van der Waals surface area contributed by atoms with E-state index in [4.69, 9.17) is 10.5 Å². The molecule has 0 saturated heterocycles. The van der Waals surface area contributed by atoms with Crippen LogP contribution in [0.4, 0.5) is 0 Å². The average molecular weight is 231 g/mol. The highest BCUT2D eigenvalue weighted by atomic mass is 16.5. The van der Waals surface area contributed by atoms with Gasteiger partial charge in [-0.1, -0.05) is 0 Å². The summed E-state index contributed by atoms with van der Waals surface area (Å²) < 4.78 is 4.90. The number of amides is 1. The zero-order chi connectivity index (χ0) is 12.6. The average Bonchev–Trinajstić information content (AvgIpc) is 2.24. The molecule has 0 aliphatic rings. The Morgan fingerprint density at radius 3 is 2.44 bits per heavy atom. The van der Waals surface area contributed by atoms with Crippen LogP contribution in [0, 0.1) is 0 Å². The number of likely N-dealkylation sites (N-methyl/N-ethyl adjacent to an activating group) is 1. The van der Waals surface area contributed by atoms with E-state index >= 15 is 0 Å². The van der Waals surface area contributed by atoms with Crippen LogP contribution in [-0.4, -0.2) is 69.7 Å². The fourth-order valence-corrected chi connectivity index (χ4v) is 1.39. The molecule has 96 valence electrons. The van der Waals surface area contributed by atoms with Crippen LogP contribution in [0.15, 0.2) is 0 Å². The van der Waals surface area contributed by atoms with Gasteiger partial charge >= 0.3 is 0 Å². The van der Waals surface area contributed by atoms with Crippen molar-refractivity contribution in [3.8, 4) is 0 Å².